The number of rotatable bonds is 5. The van der Waals surface area contributed by atoms with Gasteiger partial charge in [0.2, 0.25) is 0 Å². The van der Waals surface area contributed by atoms with Gasteiger partial charge in [-0.3, -0.25) is 0 Å². The second kappa shape index (κ2) is 7.61. The molecule has 0 saturated heterocycles. The van der Waals surface area contributed by atoms with Crippen LogP contribution < -0.4 is 0 Å². The van der Waals surface area contributed by atoms with Crippen molar-refractivity contribution in [2.24, 2.45) is 0 Å². The Balaban J connectivity index is 1.59. The van der Waals surface area contributed by atoms with Gasteiger partial charge in [-0.2, -0.15) is 0 Å². The SMILES string of the molecule is Fc1cccc(Cl)c1CO[C@H]1c2ccc(Cl)cc2S[C@H]1Cc1ncc[nH]1. The van der Waals surface area contributed by atoms with E-state index in [1.54, 1.807) is 36.3 Å². The molecule has 0 aliphatic carbocycles. The third-order valence-corrected chi connectivity index (χ3v) is 6.23. The molecule has 26 heavy (non-hydrogen) atoms. The van der Waals surface area contributed by atoms with Crippen molar-refractivity contribution in [2.45, 2.75) is 29.3 Å². The lowest BCUT2D eigenvalue weighted by Gasteiger charge is -2.20. The predicted octanol–water partition coefficient (Wildman–Crippen LogP) is 5.83. The molecule has 2 atom stereocenters. The highest BCUT2D eigenvalue weighted by Gasteiger charge is 2.35. The minimum atomic E-state index is -0.359. The van der Waals surface area contributed by atoms with Crippen LogP contribution in [-0.4, -0.2) is 15.2 Å². The summed E-state index contributed by atoms with van der Waals surface area (Å²) in [5.74, 6) is 0.529. The number of halogens is 3. The maximum absolute atomic E-state index is 14.1. The van der Waals surface area contributed by atoms with Crippen LogP contribution in [0.2, 0.25) is 10.0 Å². The third kappa shape index (κ3) is 3.62. The highest BCUT2D eigenvalue weighted by atomic mass is 35.5. The van der Waals surface area contributed by atoms with Crippen LogP contribution in [0, 0.1) is 5.82 Å². The molecule has 0 spiro atoms. The summed E-state index contributed by atoms with van der Waals surface area (Å²) in [5, 5.41) is 1.17. The lowest BCUT2D eigenvalue weighted by Crippen LogP contribution is -2.17. The van der Waals surface area contributed by atoms with Crippen molar-refractivity contribution < 1.29 is 9.13 Å². The number of aromatic amines is 1. The number of hydrogen-bond acceptors (Lipinski definition) is 3. The van der Waals surface area contributed by atoms with E-state index in [1.165, 1.54) is 6.07 Å². The number of thioether (sulfide) groups is 1. The summed E-state index contributed by atoms with van der Waals surface area (Å²) in [4.78, 5) is 8.52. The molecule has 3 aromatic rings. The molecule has 0 saturated carbocycles. The molecule has 2 aromatic carbocycles. The van der Waals surface area contributed by atoms with Crippen LogP contribution in [0.3, 0.4) is 0 Å². The van der Waals surface area contributed by atoms with Gasteiger partial charge >= 0.3 is 0 Å². The molecule has 0 bridgehead atoms. The molecule has 4 rings (SSSR count). The van der Waals surface area contributed by atoms with Crippen molar-refractivity contribution in [1.82, 2.24) is 9.97 Å². The topological polar surface area (TPSA) is 37.9 Å². The van der Waals surface area contributed by atoms with Gasteiger partial charge in [-0.15, -0.1) is 11.8 Å². The Hall–Kier alpha value is -1.53. The van der Waals surface area contributed by atoms with Crippen LogP contribution in [0.25, 0.3) is 0 Å². The van der Waals surface area contributed by atoms with E-state index in [-0.39, 0.29) is 23.8 Å². The molecule has 1 N–H and O–H groups in total. The fraction of sp³-hybridized carbons (Fsp3) is 0.211. The highest BCUT2D eigenvalue weighted by Crippen LogP contribution is 2.48. The van der Waals surface area contributed by atoms with Gasteiger partial charge in [-0.05, 0) is 29.8 Å². The summed E-state index contributed by atoms with van der Waals surface area (Å²) in [6, 6.07) is 10.4. The van der Waals surface area contributed by atoms with Crippen LogP contribution in [0.5, 0.6) is 0 Å². The number of ether oxygens (including phenoxy) is 1. The Morgan fingerprint density at radius 2 is 2.12 bits per heavy atom. The second-order valence-electron chi connectivity index (χ2n) is 6.01. The average molecular weight is 409 g/mol. The smallest absolute Gasteiger partial charge is 0.130 e. The van der Waals surface area contributed by atoms with Crippen LogP contribution in [0.4, 0.5) is 4.39 Å². The van der Waals surface area contributed by atoms with Crippen LogP contribution in [0.15, 0.2) is 53.7 Å². The average Bonchev–Trinajstić information content (AvgIpc) is 3.22. The molecule has 1 aliphatic rings. The molecule has 2 heterocycles. The Labute approximate surface area is 164 Å². The monoisotopic (exact) mass is 408 g/mol. The van der Waals surface area contributed by atoms with Crippen molar-refractivity contribution >= 4 is 35.0 Å². The standard InChI is InChI=1S/C19H15Cl2FN2OS/c20-11-4-5-12-16(8-11)26-17(9-18-23-6-7-24-18)19(12)25-10-13-14(21)2-1-3-15(13)22/h1-8,17,19H,9-10H2,(H,23,24)/t17-,19-/m0/s1. The highest BCUT2D eigenvalue weighted by molar-refractivity contribution is 8.00. The van der Waals surface area contributed by atoms with E-state index < -0.39 is 0 Å². The van der Waals surface area contributed by atoms with Gasteiger partial charge in [-0.1, -0.05) is 35.3 Å². The Bertz CT molecular complexity index is 900. The molecule has 0 radical (unpaired) electrons. The van der Waals surface area contributed by atoms with Crippen molar-refractivity contribution in [3.05, 3.63) is 81.6 Å². The number of H-pyrrole nitrogens is 1. The molecule has 1 aromatic heterocycles. The molecule has 1 aliphatic heterocycles. The summed E-state index contributed by atoms with van der Waals surface area (Å²) in [6.45, 7) is 0.105. The maximum atomic E-state index is 14.1. The number of nitrogens with one attached hydrogen (secondary N) is 1. The summed E-state index contributed by atoms with van der Waals surface area (Å²) in [5.41, 5.74) is 1.43. The van der Waals surface area contributed by atoms with E-state index in [0.29, 0.717) is 22.0 Å². The number of fused-ring (bicyclic) bond motifs is 1. The molecule has 134 valence electrons. The first-order chi connectivity index (χ1) is 12.6. The van der Waals surface area contributed by atoms with Crippen molar-refractivity contribution in [2.75, 3.05) is 0 Å². The zero-order valence-electron chi connectivity index (χ0n) is 13.6. The lowest BCUT2D eigenvalue weighted by atomic mass is 10.0. The van der Waals surface area contributed by atoms with E-state index >= 15 is 0 Å². The van der Waals surface area contributed by atoms with Gasteiger partial charge in [0.25, 0.3) is 0 Å². The summed E-state index contributed by atoms with van der Waals surface area (Å²) in [7, 11) is 0. The molecular weight excluding hydrogens is 394 g/mol. The molecule has 0 unspecified atom stereocenters. The normalized spacial score (nSPS) is 18.9. The molecular formula is C19H15Cl2FN2OS. The Kier molecular flexibility index (Phi) is 5.23. The zero-order chi connectivity index (χ0) is 18.1. The van der Waals surface area contributed by atoms with Gasteiger partial charge in [0.1, 0.15) is 11.6 Å². The van der Waals surface area contributed by atoms with Crippen LogP contribution in [-0.2, 0) is 17.8 Å². The third-order valence-electron chi connectivity index (χ3n) is 4.32. The fourth-order valence-electron chi connectivity index (χ4n) is 3.06. The van der Waals surface area contributed by atoms with Crippen LogP contribution in [0.1, 0.15) is 23.1 Å². The molecule has 0 amide bonds. The molecule has 0 fully saturated rings. The fourth-order valence-corrected chi connectivity index (χ4v) is 4.95. The van der Waals surface area contributed by atoms with Crippen molar-refractivity contribution in [1.29, 1.82) is 0 Å². The van der Waals surface area contributed by atoms with Gasteiger partial charge in [0.05, 0.1) is 12.7 Å². The summed E-state index contributed by atoms with van der Waals surface area (Å²) >= 11 is 14.0. The van der Waals surface area contributed by atoms with Gasteiger partial charge < -0.3 is 9.72 Å². The van der Waals surface area contributed by atoms with E-state index in [1.807, 2.05) is 18.2 Å². The lowest BCUT2D eigenvalue weighted by molar-refractivity contribution is 0.0376. The number of nitrogens with zero attached hydrogens (tertiary/aromatic N) is 1. The van der Waals surface area contributed by atoms with Crippen molar-refractivity contribution in [3.63, 3.8) is 0 Å². The number of imidazole rings is 1. The van der Waals surface area contributed by atoms with Gasteiger partial charge in [0.15, 0.2) is 0 Å². The Morgan fingerprint density at radius 3 is 2.88 bits per heavy atom. The molecule has 7 heteroatoms. The minimum absolute atomic E-state index is 0.105. The minimum Gasteiger partial charge on any atom is -0.367 e. The predicted molar refractivity (Wildman–Crippen MR) is 102 cm³/mol. The molecule has 3 nitrogen and oxygen atoms in total. The second-order valence-corrected chi connectivity index (χ2v) is 8.13. The largest absolute Gasteiger partial charge is 0.367 e. The quantitative estimate of drug-likeness (QED) is 0.576. The number of benzene rings is 2. The van der Waals surface area contributed by atoms with E-state index in [0.717, 1.165) is 16.3 Å². The first-order valence-electron chi connectivity index (χ1n) is 8.10. The summed E-state index contributed by atoms with van der Waals surface area (Å²) in [6.07, 6.45) is 4.04. The van der Waals surface area contributed by atoms with E-state index in [2.05, 4.69) is 9.97 Å². The van der Waals surface area contributed by atoms with Crippen LogP contribution >= 0.6 is 35.0 Å². The zero-order valence-corrected chi connectivity index (χ0v) is 15.9. The van der Waals surface area contributed by atoms with Gasteiger partial charge in [-0.25, -0.2) is 9.37 Å². The number of hydrogen-bond donors (Lipinski definition) is 1. The first-order valence-corrected chi connectivity index (χ1v) is 9.74. The van der Waals surface area contributed by atoms with E-state index in [4.69, 9.17) is 27.9 Å². The van der Waals surface area contributed by atoms with Crippen molar-refractivity contribution in [3.8, 4) is 0 Å². The number of aromatic nitrogens is 2. The Morgan fingerprint density at radius 1 is 1.23 bits per heavy atom. The summed E-state index contributed by atoms with van der Waals surface area (Å²) < 4.78 is 20.2. The van der Waals surface area contributed by atoms with Gasteiger partial charge in [0, 0.05) is 44.6 Å². The first kappa shape index (κ1) is 17.9. The van der Waals surface area contributed by atoms with E-state index in [9.17, 15) is 4.39 Å². The maximum Gasteiger partial charge on any atom is 0.130 e.